The van der Waals surface area contributed by atoms with Crippen molar-refractivity contribution in [3.8, 4) is 17.2 Å². The van der Waals surface area contributed by atoms with E-state index in [0.717, 1.165) is 0 Å². The van der Waals surface area contributed by atoms with Crippen LogP contribution in [0.1, 0.15) is 0 Å². The van der Waals surface area contributed by atoms with Gasteiger partial charge in [-0.15, -0.1) is 0 Å². The maximum absolute atomic E-state index is 13.6. The van der Waals surface area contributed by atoms with Gasteiger partial charge in [-0.05, 0) is 30.3 Å². The Bertz CT molecular complexity index is 529. The van der Waals surface area contributed by atoms with Gasteiger partial charge in [0.2, 0.25) is 0 Å². The quantitative estimate of drug-likeness (QED) is 0.812. The normalized spacial score (nSPS) is 10.1. The van der Waals surface area contributed by atoms with Crippen molar-refractivity contribution in [1.29, 1.82) is 0 Å². The van der Waals surface area contributed by atoms with E-state index in [2.05, 4.69) is 0 Å². The lowest BCUT2D eigenvalue weighted by molar-refractivity contribution is 0.402. The van der Waals surface area contributed by atoms with Crippen LogP contribution >= 0.6 is 11.6 Å². The average Bonchev–Trinajstić information content (AvgIpc) is 2.32. The van der Waals surface area contributed by atoms with E-state index >= 15 is 0 Å². The van der Waals surface area contributed by atoms with Crippen LogP contribution in [0.25, 0.3) is 0 Å². The number of methoxy groups -OCH3 is 1. The summed E-state index contributed by atoms with van der Waals surface area (Å²) < 4.78 is 23.9. The topological polar surface area (TPSA) is 18.5 Å². The Labute approximate surface area is 104 Å². The maximum atomic E-state index is 13.6. The van der Waals surface area contributed by atoms with Crippen LogP contribution in [-0.4, -0.2) is 7.11 Å². The van der Waals surface area contributed by atoms with Gasteiger partial charge in [-0.2, -0.15) is 0 Å². The lowest BCUT2D eigenvalue weighted by atomic mass is 10.3. The second-order valence-electron chi connectivity index (χ2n) is 3.36. The van der Waals surface area contributed by atoms with Crippen molar-refractivity contribution in [2.75, 3.05) is 7.11 Å². The van der Waals surface area contributed by atoms with Crippen LogP contribution in [0, 0.1) is 5.82 Å². The van der Waals surface area contributed by atoms with E-state index in [4.69, 9.17) is 21.1 Å². The Morgan fingerprint density at radius 3 is 2.53 bits per heavy atom. The van der Waals surface area contributed by atoms with Gasteiger partial charge in [-0.1, -0.05) is 17.7 Å². The predicted octanol–water partition coefficient (Wildman–Crippen LogP) is 4.28. The van der Waals surface area contributed by atoms with E-state index in [-0.39, 0.29) is 5.75 Å². The third kappa shape index (κ3) is 2.88. The van der Waals surface area contributed by atoms with Crippen LogP contribution in [0.4, 0.5) is 4.39 Å². The van der Waals surface area contributed by atoms with E-state index in [1.54, 1.807) is 30.3 Å². The fourth-order valence-electron chi connectivity index (χ4n) is 1.35. The van der Waals surface area contributed by atoms with E-state index < -0.39 is 5.82 Å². The fourth-order valence-corrected chi connectivity index (χ4v) is 1.53. The van der Waals surface area contributed by atoms with Gasteiger partial charge in [0.1, 0.15) is 11.5 Å². The van der Waals surface area contributed by atoms with Crippen molar-refractivity contribution >= 4 is 11.6 Å². The van der Waals surface area contributed by atoms with Gasteiger partial charge in [0, 0.05) is 11.1 Å². The van der Waals surface area contributed by atoms with Gasteiger partial charge in [-0.3, -0.25) is 0 Å². The molecule has 0 aromatic heterocycles. The molecule has 0 N–H and O–H groups in total. The average molecular weight is 253 g/mol. The van der Waals surface area contributed by atoms with E-state index in [1.807, 2.05) is 0 Å². The third-order valence-corrected chi connectivity index (χ3v) is 2.40. The Kier molecular flexibility index (Phi) is 3.49. The van der Waals surface area contributed by atoms with E-state index in [0.29, 0.717) is 16.5 Å². The third-order valence-electron chi connectivity index (χ3n) is 2.16. The summed E-state index contributed by atoms with van der Waals surface area (Å²) in [6.45, 7) is 0. The number of halogens is 2. The molecule has 4 heteroatoms. The van der Waals surface area contributed by atoms with Crippen LogP contribution in [0.5, 0.6) is 17.2 Å². The number of hydrogen-bond donors (Lipinski definition) is 0. The molecule has 0 bridgehead atoms. The molecule has 2 aromatic carbocycles. The monoisotopic (exact) mass is 252 g/mol. The summed E-state index contributed by atoms with van der Waals surface area (Å²) in [6.07, 6.45) is 0. The molecular weight excluding hydrogens is 243 g/mol. The first-order chi connectivity index (χ1) is 8.19. The van der Waals surface area contributed by atoms with E-state index in [9.17, 15) is 4.39 Å². The Morgan fingerprint density at radius 1 is 1.06 bits per heavy atom. The molecule has 0 fully saturated rings. The molecule has 0 saturated heterocycles. The summed E-state index contributed by atoms with van der Waals surface area (Å²) in [6, 6.07) is 11.2. The highest BCUT2D eigenvalue weighted by Crippen LogP contribution is 2.28. The molecule has 17 heavy (non-hydrogen) atoms. The maximum Gasteiger partial charge on any atom is 0.169 e. The summed E-state index contributed by atoms with van der Waals surface area (Å²) in [5.41, 5.74) is 0. The lowest BCUT2D eigenvalue weighted by Gasteiger charge is -2.08. The molecule has 2 aromatic rings. The first kappa shape index (κ1) is 11.7. The van der Waals surface area contributed by atoms with Crippen molar-refractivity contribution < 1.29 is 13.9 Å². The molecular formula is C13H10ClFO2. The zero-order chi connectivity index (χ0) is 12.3. The zero-order valence-corrected chi connectivity index (χ0v) is 9.87. The highest BCUT2D eigenvalue weighted by molar-refractivity contribution is 6.30. The Morgan fingerprint density at radius 2 is 1.88 bits per heavy atom. The predicted molar refractivity (Wildman–Crippen MR) is 64.5 cm³/mol. The summed E-state index contributed by atoms with van der Waals surface area (Å²) >= 11 is 5.80. The van der Waals surface area contributed by atoms with Gasteiger partial charge in [0.05, 0.1) is 7.11 Å². The number of hydrogen-bond acceptors (Lipinski definition) is 2. The van der Waals surface area contributed by atoms with Crippen molar-refractivity contribution in [1.82, 2.24) is 0 Å². The number of benzene rings is 2. The zero-order valence-electron chi connectivity index (χ0n) is 9.11. The fraction of sp³-hybridized carbons (Fsp3) is 0.0769. The second-order valence-corrected chi connectivity index (χ2v) is 3.79. The van der Waals surface area contributed by atoms with Crippen LogP contribution in [-0.2, 0) is 0 Å². The van der Waals surface area contributed by atoms with E-state index in [1.165, 1.54) is 19.2 Å². The molecule has 0 unspecified atom stereocenters. The molecule has 0 heterocycles. The minimum atomic E-state index is -0.482. The van der Waals surface area contributed by atoms with Gasteiger partial charge in [-0.25, -0.2) is 4.39 Å². The number of ether oxygens (including phenoxy) is 2. The van der Waals surface area contributed by atoms with Crippen LogP contribution < -0.4 is 9.47 Å². The molecule has 0 radical (unpaired) electrons. The molecule has 0 atom stereocenters. The van der Waals surface area contributed by atoms with Crippen molar-refractivity contribution in [3.63, 3.8) is 0 Å². The largest absolute Gasteiger partial charge is 0.497 e. The van der Waals surface area contributed by atoms with Gasteiger partial charge >= 0.3 is 0 Å². The first-order valence-corrected chi connectivity index (χ1v) is 5.34. The highest BCUT2D eigenvalue weighted by Gasteiger charge is 2.06. The molecule has 2 rings (SSSR count). The molecule has 0 aliphatic heterocycles. The van der Waals surface area contributed by atoms with Crippen LogP contribution in [0.2, 0.25) is 5.02 Å². The standard InChI is InChI=1S/C13H10ClFO2/c1-16-10-5-6-13(12(15)8-10)17-11-4-2-3-9(14)7-11/h2-8H,1H3. The van der Waals surface area contributed by atoms with Crippen LogP contribution in [0.3, 0.4) is 0 Å². The smallest absolute Gasteiger partial charge is 0.169 e. The molecule has 0 spiro atoms. The highest BCUT2D eigenvalue weighted by atomic mass is 35.5. The second kappa shape index (κ2) is 5.06. The molecule has 0 aliphatic rings. The SMILES string of the molecule is COc1ccc(Oc2cccc(Cl)c2)c(F)c1. The summed E-state index contributed by atoms with van der Waals surface area (Å²) in [5, 5.41) is 0.538. The van der Waals surface area contributed by atoms with Gasteiger partial charge in [0.15, 0.2) is 11.6 Å². The minimum absolute atomic E-state index is 0.132. The van der Waals surface area contributed by atoms with Crippen molar-refractivity contribution in [2.24, 2.45) is 0 Å². The lowest BCUT2D eigenvalue weighted by Crippen LogP contribution is -1.90. The van der Waals surface area contributed by atoms with Gasteiger partial charge < -0.3 is 9.47 Å². The molecule has 0 aliphatic carbocycles. The van der Waals surface area contributed by atoms with Gasteiger partial charge in [0.25, 0.3) is 0 Å². The summed E-state index contributed by atoms with van der Waals surface area (Å²) in [5.74, 6) is 0.583. The summed E-state index contributed by atoms with van der Waals surface area (Å²) in [7, 11) is 1.48. The molecule has 0 amide bonds. The van der Waals surface area contributed by atoms with Crippen molar-refractivity contribution in [2.45, 2.75) is 0 Å². The van der Waals surface area contributed by atoms with Crippen molar-refractivity contribution in [3.05, 3.63) is 53.3 Å². The summed E-state index contributed by atoms with van der Waals surface area (Å²) in [4.78, 5) is 0. The molecule has 2 nitrogen and oxygen atoms in total. The van der Waals surface area contributed by atoms with Crippen LogP contribution in [0.15, 0.2) is 42.5 Å². The number of rotatable bonds is 3. The minimum Gasteiger partial charge on any atom is -0.497 e. The molecule has 88 valence electrons. The first-order valence-electron chi connectivity index (χ1n) is 4.96. The molecule has 0 saturated carbocycles. The Hall–Kier alpha value is -1.74. The Balaban J connectivity index is 2.24.